The van der Waals surface area contributed by atoms with Crippen molar-refractivity contribution in [1.29, 1.82) is 0 Å². The molecule has 82 valence electrons. The van der Waals surface area contributed by atoms with Gasteiger partial charge in [0.15, 0.2) is 5.82 Å². The molecule has 0 amide bonds. The number of rotatable bonds is 3. The van der Waals surface area contributed by atoms with Crippen molar-refractivity contribution in [2.24, 2.45) is 5.73 Å². The summed E-state index contributed by atoms with van der Waals surface area (Å²) in [6, 6.07) is 8.37. The fraction of sp³-hybridized carbons (Fsp3) is 0.333. The first-order valence-electron chi connectivity index (χ1n) is 5.49. The molecule has 2 N–H and O–H groups in total. The number of fused-ring (bicyclic) bond motifs is 1. The van der Waals surface area contributed by atoms with E-state index in [-0.39, 0.29) is 5.92 Å². The molecule has 16 heavy (non-hydrogen) atoms. The van der Waals surface area contributed by atoms with Gasteiger partial charge in [0, 0.05) is 6.42 Å². The number of nitrogens with two attached hydrogens (primary N) is 1. The van der Waals surface area contributed by atoms with Gasteiger partial charge in [0.1, 0.15) is 0 Å². The van der Waals surface area contributed by atoms with Crippen molar-refractivity contribution < 1.29 is 4.52 Å². The average molecular weight is 215 g/mol. The fourth-order valence-corrected chi connectivity index (χ4v) is 2.12. The van der Waals surface area contributed by atoms with Gasteiger partial charge in [-0.15, -0.1) is 0 Å². The van der Waals surface area contributed by atoms with Crippen LogP contribution in [0.2, 0.25) is 0 Å². The number of nitrogens with zero attached hydrogens (tertiary/aromatic N) is 2. The third-order valence-corrected chi connectivity index (χ3v) is 3.00. The van der Waals surface area contributed by atoms with Gasteiger partial charge in [-0.1, -0.05) is 29.4 Å². The third kappa shape index (κ3) is 1.42. The fourth-order valence-electron chi connectivity index (χ4n) is 2.12. The number of aromatic nitrogens is 2. The van der Waals surface area contributed by atoms with E-state index in [9.17, 15) is 0 Å². The molecular formula is C12H13N3O. The standard InChI is InChI=1S/C12H13N3O/c13-6-5-11-14-12(16-15-11)10-7-8-3-1-2-4-9(8)10/h1-4,10H,5-7,13H2. The Kier molecular flexibility index (Phi) is 2.22. The molecule has 0 radical (unpaired) electrons. The maximum Gasteiger partial charge on any atom is 0.234 e. The molecule has 0 aliphatic heterocycles. The first-order chi connectivity index (χ1) is 7.88. The second kappa shape index (κ2) is 3.72. The van der Waals surface area contributed by atoms with Crippen molar-refractivity contribution in [3.8, 4) is 0 Å². The van der Waals surface area contributed by atoms with Gasteiger partial charge in [0.25, 0.3) is 0 Å². The number of benzene rings is 1. The van der Waals surface area contributed by atoms with Gasteiger partial charge in [-0.25, -0.2) is 0 Å². The van der Waals surface area contributed by atoms with Crippen LogP contribution >= 0.6 is 0 Å². The Labute approximate surface area is 93.5 Å². The Morgan fingerprint density at radius 2 is 2.25 bits per heavy atom. The molecule has 4 nitrogen and oxygen atoms in total. The monoisotopic (exact) mass is 215 g/mol. The van der Waals surface area contributed by atoms with Crippen LogP contribution in [0.3, 0.4) is 0 Å². The van der Waals surface area contributed by atoms with Gasteiger partial charge in [-0.3, -0.25) is 0 Å². The Morgan fingerprint density at radius 3 is 3.06 bits per heavy atom. The lowest BCUT2D eigenvalue weighted by molar-refractivity contribution is 0.352. The summed E-state index contributed by atoms with van der Waals surface area (Å²) < 4.78 is 5.26. The maximum absolute atomic E-state index is 5.45. The lowest BCUT2D eigenvalue weighted by Gasteiger charge is -2.26. The van der Waals surface area contributed by atoms with Gasteiger partial charge in [0.2, 0.25) is 5.89 Å². The van der Waals surface area contributed by atoms with Crippen LogP contribution in [-0.2, 0) is 12.8 Å². The molecule has 0 bridgehead atoms. The Morgan fingerprint density at radius 1 is 1.38 bits per heavy atom. The summed E-state index contributed by atoms with van der Waals surface area (Å²) in [5.41, 5.74) is 8.14. The van der Waals surface area contributed by atoms with E-state index in [4.69, 9.17) is 10.3 Å². The lowest BCUT2D eigenvalue weighted by atomic mass is 9.77. The lowest BCUT2D eigenvalue weighted by Crippen LogP contribution is -2.18. The minimum absolute atomic E-state index is 0.287. The highest BCUT2D eigenvalue weighted by Gasteiger charge is 2.31. The van der Waals surface area contributed by atoms with Crippen molar-refractivity contribution in [1.82, 2.24) is 10.1 Å². The Balaban J connectivity index is 1.85. The predicted molar refractivity (Wildman–Crippen MR) is 59.0 cm³/mol. The average Bonchev–Trinajstić information content (AvgIpc) is 2.69. The van der Waals surface area contributed by atoms with E-state index in [1.807, 2.05) is 6.07 Å². The summed E-state index contributed by atoms with van der Waals surface area (Å²) in [6.07, 6.45) is 1.68. The van der Waals surface area contributed by atoms with Crippen molar-refractivity contribution in [3.63, 3.8) is 0 Å². The summed E-state index contributed by atoms with van der Waals surface area (Å²) in [5.74, 6) is 1.72. The molecule has 1 heterocycles. The molecular weight excluding hydrogens is 202 g/mol. The summed E-state index contributed by atoms with van der Waals surface area (Å²) in [7, 11) is 0. The molecule has 2 aromatic rings. The smallest absolute Gasteiger partial charge is 0.234 e. The van der Waals surface area contributed by atoms with Crippen molar-refractivity contribution in [2.75, 3.05) is 6.54 Å². The predicted octanol–water partition coefficient (Wildman–Crippen LogP) is 1.26. The highest BCUT2D eigenvalue weighted by atomic mass is 16.5. The zero-order valence-corrected chi connectivity index (χ0v) is 8.89. The van der Waals surface area contributed by atoms with Crippen LogP contribution in [0.15, 0.2) is 28.8 Å². The van der Waals surface area contributed by atoms with E-state index < -0.39 is 0 Å². The minimum Gasteiger partial charge on any atom is -0.339 e. The van der Waals surface area contributed by atoms with E-state index in [1.165, 1.54) is 11.1 Å². The van der Waals surface area contributed by atoms with Gasteiger partial charge >= 0.3 is 0 Å². The molecule has 0 fully saturated rings. The Bertz CT molecular complexity index is 506. The second-order valence-corrected chi connectivity index (χ2v) is 4.04. The van der Waals surface area contributed by atoms with Crippen molar-refractivity contribution >= 4 is 0 Å². The molecule has 4 heteroatoms. The zero-order valence-electron chi connectivity index (χ0n) is 8.89. The zero-order chi connectivity index (χ0) is 11.0. The van der Waals surface area contributed by atoms with E-state index in [1.54, 1.807) is 0 Å². The molecule has 0 saturated carbocycles. The van der Waals surface area contributed by atoms with Crippen LogP contribution < -0.4 is 5.73 Å². The maximum atomic E-state index is 5.45. The summed E-state index contributed by atoms with van der Waals surface area (Å²) >= 11 is 0. The first kappa shape index (κ1) is 9.54. The first-order valence-corrected chi connectivity index (χ1v) is 5.49. The summed E-state index contributed by atoms with van der Waals surface area (Å²) in [5, 5.41) is 3.92. The number of hydrogen-bond donors (Lipinski definition) is 1. The third-order valence-electron chi connectivity index (χ3n) is 3.00. The van der Waals surface area contributed by atoms with Crippen LogP contribution in [0.5, 0.6) is 0 Å². The molecule has 1 aliphatic carbocycles. The van der Waals surface area contributed by atoms with E-state index in [2.05, 4.69) is 28.3 Å². The van der Waals surface area contributed by atoms with Crippen molar-refractivity contribution in [2.45, 2.75) is 18.8 Å². The van der Waals surface area contributed by atoms with Crippen LogP contribution in [0.4, 0.5) is 0 Å². The van der Waals surface area contributed by atoms with Crippen molar-refractivity contribution in [3.05, 3.63) is 47.1 Å². The van der Waals surface area contributed by atoms with Gasteiger partial charge in [0.05, 0.1) is 5.92 Å². The summed E-state index contributed by atoms with van der Waals surface area (Å²) in [6.45, 7) is 0.556. The SMILES string of the molecule is NCCc1noc(C2Cc3ccccc32)n1. The number of hydrogen-bond acceptors (Lipinski definition) is 4. The minimum atomic E-state index is 0.287. The highest BCUT2D eigenvalue weighted by Crippen LogP contribution is 2.38. The quantitative estimate of drug-likeness (QED) is 0.837. The molecule has 0 saturated heterocycles. The van der Waals surface area contributed by atoms with Gasteiger partial charge in [-0.05, 0) is 24.1 Å². The van der Waals surface area contributed by atoms with E-state index >= 15 is 0 Å². The van der Waals surface area contributed by atoms with E-state index in [0.29, 0.717) is 18.8 Å². The molecule has 1 unspecified atom stereocenters. The normalized spacial score (nSPS) is 17.9. The highest BCUT2D eigenvalue weighted by molar-refractivity contribution is 5.43. The van der Waals surface area contributed by atoms with E-state index in [0.717, 1.165) is 12.3 Å². The molecule has 0 spiro atoms. The van der Waals surface area contributed by atoms with Gasteiger partial charge in [-0.2, -0.15) is 4.98 Å². The Hall–Kier alpha value is -1.68. The van der Waals surface area contributed by atoms with Gasteiger partial charge < -0.3 is 10.3 Å². The molecule has 3 rings (SSSR count). The van der Waals surface area contributed by atoms with Crippen LogP contribution in [0, 0.1) is 0 Å². The van der Waals surface area contributed by atoms with Crippen LogP contribution in [0.1, 0.15) is 28.8 Å². The topological polar surface area (TPSA) is 64.9 Å². The van der Waals surface area contributed by atoms with Crippen LogP contribution in [0.25, 0.3) is 0 Å². The second-order valence-electron chi connectivity index (χ2n) is 4.04. The molecule has 1 atom stereocenters. The molecule has 1 aromatic heterocycles. The molecule has 1 aromatic carbocycles. The summed E-state index contributed by atoms with van der Waals surface area (Å²) in [4.78, 5) is 4.36. The largest absolute Gasteiger partial charge is 0.339 e. The van der Waals surface area contributed by atoms with Crippen LogP contribution in [-0.4, -0.2) is 16.7 Å². The molecule has 1 aliphatic rings.